The first kappa shape index (κ1) is 14.2. The zero-order valence-electron chi connectivity index (χ0n) is 12.0. The van der Waals surface area contributed by atoms with Gasteiger partial charge < -0.3 is 4.74 Å². The van der Waals surface area contributed by atoms with Gasteiger partial charge in [0.15, 0.2) is 0 Å². The van der Waals surface area contributed by atoms with Crippen LogP contribution in [0.1, 0.15) is 11.1 Å². The van der Waals surface area contributed by atoms with E-state index < -0.39 is 0 Å². The number of hydrogen-bond donors (Lipinski definition) is 2. The molecule has 1 heterocycles. The van der Waals surface area contributed by atoms with E-state index in [0.717, 1.165) is 26.2 Å². The van der Waals surface area contributed by atoms with Gasteiger partial charge in [-0.25, -0.2) is 10.9 Å². The monoisotopic (exact) mass is 283 g/mol. The maximum absolute atomic E-state index is 5.32. The van der Waals surface area contributed by atoms with Crippen LogP contribution in [0.2, 0.25) is 0 Å². The molecular weight excluding hydrogens is 262 g/mol. The van der Waals surface area contributed by atoms with Crippen molar-refractivity contribution in [3.63, 3.8) is 0 Å². The highest BCUT2D eigenvalue weighted by molar-refractivity contribution is 5.15. The first-order chi connectivity index (χ1) is 10.4. The lowest BCUT2D eigenvalue weighted by molar-refractivity contribution is 0.0952. The second-order valence-corrected chi connectivity index (χ2v) is 5.21. The first-order valence-electron chi connectivity index (χ1n) is 7.34. The largest absolute Gasteiger partial charge is 0.372 e. The molecule has 4 heteroatoms. The van der Waals surface area contributed by atoms with Crippen molar-refractivity contribution in [1.29, 1.82) is 0 Å². The summed E-state index contributed by atoms with van der Waals surface area (Å²) in [6.07, 6.45) is 0.344. The lowest BCUT2D eigenvalue weighted by atomic mass is 10.2. The van der Waals surface area contributed by atoms with E-state index in [9.17, 15) is 0 Å². The predicted octanol–water partition coefficient (Wildman–Crippen LogP) is 2.10. The Labute approximate surface area is 125 Å². The molecular formula is C17H21N3O. The summed E-state index contributed by atoms with van der Waals surface area (Å²) in [4.78, 5) is 0. The van der Waals surface area contributed by atoms with E-state index in [2.05, 4.69) is 59.4 Å². The third-order valence-electron chi connectivity index (χ3n) is 3.42. The molecule has 2 aromatic rings. The van der Waals surface area contributed by atoms with Crippen LogP contribution in [0.4, 0.5) is 0 Å². The zero-order valence-corrected chi connectivity index (χ0v) is 12.0. The molecule has 2 N–H and O–H groups in total. The lowest BCUT2D eigenvalue weighted by Crippen LogP contribution is -2.49. The SMILES string of the molecule is c1ccc(CNN(C[C@H]2CO2)NCc2ccccc2)cc1. The van der Waals surface area contributed by atoms with E-state index in [-0.39, 0.29) is 0 Å². The predicted molar refractivity (Wildman–Crippen MR) is 83.0 cm³/mol. The summed E-state index contributed by atoms with van der Waals surface area (Å²) in [7, 11) is 0. The third kappa shape index (κ3) is 4.95. The van der Waals surface area contributed by atoms with Gasteiger partial charge in [0.25, 0.3) is 0 Å². The highest BCUT2D eigenvalue weighted by Crippen LogP contribution is 2.09. The minimum Gasteiger partial charge on any atom is -0.372 e. The summed E-state index contributed by atoms with van der Waals surface area (Å²) in [6.45, 7) is 3.31. The van der Waals surface area contributed by atoms with Crippen LogP contribution < -0.4 is 10.9 Å². The van der Waals surface area contributed by atoms with Crippen molar-refractivity contribution in [3.05, 3.63) is 71.8 Å². The Kier molecular flexibility index (Phi) is 4.97. The van der Waals surface area contributed by atoms with Crippen molar-refractivity contribution in [2.75, 3.05) is 13.2 Å². The molecule has 0 spiro atoms. The summed E-state index contributed by atoms with van der Waals surface area (Å²) >= 11 is 0. The molecule has 0 radical (unpaired) electrons. The minimum absolute atomic E-state index is 0.344. The van der Waals surface area contributed by atoms with Gasteiger partial charge in [-0.2, -0.15) is 5.12 Å². The summed E-state index contributed by atoms with van der Waals surface area (Å²) < 4.78 is 5.32. The van der Waals surface area contributed by atoms with Gasteiger partial charge in [-0.3, -0.25) is 0 Å². The molecule has 0 aromatic heterocycles. The Morgan fingerprint density at radius 3 is 1.76 bits per heavy atom. The molecule has 4 nitrogen and oxygen atoms in total. The molecule has 1 fully saturated rings. The molecule has 3 rings (SSSR count). The maximum atomic E-state index is 5.32. The summed E-state index contributed by atoms with van der Waals surface area (Å²) in [5.74, 6) is 0. The Morgan fingerprint density at radius 2 is 1.33 bits per heavy atom. The second-order valence-electron chi connectivity index (χ2n) is 5.21. The van der Waals surface area contributed by atoms with E-state index in [1.807, 2.05) is 17.3 Å². The number of hydrogen-bond acceptors (Lipinski definition) is 4. The number of benzene rings is 2. The normalized spacial score (nSPS) is 17.1. The smallest absolute Gasteiger partial charge is 0.0965 e. The first-order valence-corrected chi connectivity index (χ1v) is 7.34. The van der Waals surface area contributed by atoms with Gasteiger partial charge >= 0.3 is 0 Å². The molecule has 21 heavy (non-hydrogen) atoms. The van der Waals surface area contributed by atoms with Crippen LogP contribution in [0, 0.1) is 0 Å². The van der Waals surface area contributed by atoms with Gasteiger partial charge in [-0.15, -0.1) is 0 Å². The van der Waals surface area contributed by atoms with Crippen LogP contribution in [0.15, 0.2) is 60.7 Å². The Bertz CT molecular complexity index is 485. The van der Waals surface area contributed by atoms with Crippen molar-refractivity contribution in [1.82, 2.24) is 16.0 Å². The van der Waals surface area contributed by atoms with Crippen molar-refractivity contribution >= 4 is 0 Å². The van der Waals surface area contributed by atoms with Crippen LogP contribution in [-0.4, -0.2) is 24.4 Å². The molecule has 1 saturated heterocycles. The number of hydrazine groups is 2. The van der Waals surface area contributed by atoms with Gasteiger partial charge in [0, 0.05) is 13.1 Å². The average Bonchev–Trinajstić information content (AvgIpc) is 3.36. The Hall–Kier alpha value is -1.72. The molecule has 0 aliphatic carbocycles. The van der Waals surface area contributed by atoms with Crippen LogP contribution in [-0.2, 0) is 17.8 Å². The van der Waals surface area contributed by atoms with E-state index >= 15 is 0 Å². The van der Waals surface area contributed by atoms with Crippen molar-refractivity contribution in [2.45, 2.75) is 19.2 Å². The van der Waals surface area contributed by atoms with E-state index in [1.165, 1.54) is 11.1 Å². The lowest BCUT2D eigenvalue weighted by Gasteiger charge is -2.23. The number of epoxide rings is 1. The Morgan fingerprint density at radius 1 is 0.857 bits per heavy atom. The van der Waals surface area contributed by atoms with E-state index in [0.29, 0.717) is 6.10 Å². The van der Waals surface area contributed by atoms with E-state index in [1.54, 1.807) is 0 Å². The molecule has 110 valence electrons. The van der Waals surface area contributed by atoms with Gasteiger partial charge in [-0.05, 0) is 11.1 Å². The highest BCUT2D eigenvalue weighted by Gasteiger charge is 2.25. The molecule has 0 bridgehead atoms. The molecule has 2 aromatic carbocycles. The summed E-state index contributed by atoms with van der Waals surface area (Å²) in [5, 5.41) is 2.04. The van der Waals surface area contributed by atoms with E-state index in [4.69, 9.17) is 4.74 Å². The van der Waals surface area contributed by atoms with Crippen molar-refractivity contribution in [3.8, 4) is 0 Å². The van der Waals surface area contributed by atoms with Gasteiger partial charge in [0.05, 0.1) is 19.3 Å². The third-order valence-corrected chi connectivity index (χ3v) is 3.42. The van der Waals surface area contributed by atoms with Crippen molar-refractivity contribution in [2.24, 2.45) is 0 Å². The molecule has 1 aliphatic rings. The highest BCUT2D eigenvalue weighted by atomic mass is 16.6. The van der Waals surface area contributed by atoms with Crippen LogP contribution >= 0.6 is 0 Å². The van der Waals surface area contributed by atoms with Crippen molar-refractivity contribution < 1.29 is 4.74 Å². The fraction of sp³-hybridized carbons (Fsp3) is 0.294. The second kappa shape index (κ2) is 7.33. The molecule has 0 amide bonds. The number of nitrogens with one attached hydrogen (secondary N) is 2. The quantitative estimate of drug-likeness (QED) is 0.575. The van der Waals surface area contributed by atoms with Crippen LogP contribution in [0.25, 0.3) is 0 Å². The van der Waals surface area contributed by atoms with Gasteiger partial charge in [0.2, 0.25) is 0 Å². The van der Waals surface area contributed by atoms with Gasteiger partial charge in [0.1, 0.15) is 0 Å². The fourth-order valence-electron chi connectivity index (χ4n) is 2.13. The minimum atomic E-state index is 0.344. The number of rotatable bonds is 8. The molecule has 1 atom stereocenters. The standard InChI is InChI=1S/C17H21N3O/c1-3-7-15(8-4-1)11-18-20(13-17-14-21-17)19-12-16-9-5-2-6-10-16/h1-10,17-19H,11-14H2/t17-/m0/s1. The molecule has 0 saturated carbocycles. The molecule has 0 unspecified atom stereocenters. The molecule has 1 aliphatic heterocycles. The summed E-state index contributed by atoms with van der Waals surface area (Å²) in [5.41, 5.74) is 9.37. The van der Waals surface area contributed by atoms with Gasteiger partial charge in [-0.1, -0.05) is 60.7 Å². The topological polar surface area (TPSA) is 39.8 Å². The summed E-state index contributed by atoms with van der Waals surface area (Å²) in [6, 6.07) is 20.8. The average molecular weight is 283 g/mol. The number of nitrogens with zero attached hydrogens (tertiary/aromatic N) is 1. The maximum Gasteiger partial charge on any atom is 0.0965 e. The van der Waals surface area contributed by atoms with Crippen LogP contribution in [0.5, 0.6) is 0 Å². The van der Waals surface area contributed by atoms with Crippen LogP contribution in [0.3, 0.4) is 0 Å². The fourth-order valence-corrected chi connectivity index (χ4v) is 2.13. The zero-order chi connectivity index (χ0) is 14.3. The number of ether oxygens (including phenoxy) is 1. The Balaban J connectivity index is 1.50.